The molecule has 2 aromatic rings. The number of aromatic nitrogens is 1. The second kappa shape index (κ2) is 7.07. The van der Waals surface area contributed by atoms with Crippen molar-refractivity contribution in [2.75, 3.05) is 18.3 Å². The van der Waals surface area contributed by atoms with Gasteiger partial charge in [0.1, 0.15) is 13.3 Å². The number of benzene rings is 1. The van der Waals surface area contributed by atoms with Gasteiger partial charge in [-0.3, -0.25) is 19.3 Å². The van der Waals surface area contributed by atoms with Crippen molar-refractivity contribution in [3.63, 3.8) is 0 Å². The normalized spacial score (nSPS) is 24.3. The number of nitrogens with zero attached hydrogens (tertiary/aromatic N) is 3. The third kappa shape index (κ3) is 2.91. The Bertz CT molecular complexity index is 1250. The molecule has 33 heavy (non-hydrogen) atoms. The minimum Gasteiger partial charge on any atom is -0.502 e. The highest BCUT2D eigenvalue weighted by Gasteiger charge is 2.50. The lowest BCUT2D eigenvalue weighted by Crippen LogP contribution is -2.64. The molecule has 1 aromatic carbocycles. The first-order valence-corrected chi connectivity index (χ1v) is 11.2. The summed E-state index contributed by atoms with van der Waals surface area (Å²) in [5.74, 6) is -3.09. The molecule has 1 N–H and O–H groups in total. The smallest absolute Gasteiger partial charge is 0.278 e. The molecule has 2 fully saturated rings. The molecular weight excluding hydrogens is 432 g/mol. The van der Waals surface area contributed by atoms with Crippen LogP contribution in [-0.2, 0) is 0 Å². The van der Waals surface area contributed by atoms with Crippen molar-refractivity contribution >= 4 is 5.91 Å². The van der Waals surface area contributed by atoms with Crippen LogP contribution >= 0.6 is 0 Å². The van der Waals surface area contributed by atoms with E-state index >= 15 is 0 Å². The molecule has 2 bridgehead atoms. The van der Waals surface area contributed by atoms with Gasteiger partial charge in [-0.2, -0.15) is 4.39 Å². The minimum atomic E-state index is -1.04. The van der Waals surface area contributed by atoms with E-state index in [0.717, 1.165) is 38.2 Å². The number of halogens is 2. The lowest BCUT2D eigenvalue weighted by molar-refractivity contribution is 0.0243. The van der Waals surface area contributed by atoms with Gasteiger partial charge in [-0.05, 0) is 50.2 Å². The van der Waals surface area contributed by atoms with E-state index in [2.05, 4.69) is 0 Å². The molecule has 2 aliphatic heterocycles. The van der Waals surface area contributed by atoms with Gasteiger partial charge in [0.25, 0.3) is 5.91 Å². The summed E-state index contributed by atoms with van der Waals surface area (Å²) in [7, 11) is 0. The van der Waals surface area contributed by atoms with Crippen LogP contribution < -0.4 is 15.2 Å². The maximum atomic E-state index is 14.9. The Labute approximate surface area is 188 Å². The number of hydrogen-bond donors (Lipinski definition) is 1. The van der Waals surface area contributed by atoms with Gasteiger partial charge >= 0.3 is 0 Å². The van der Waals surface area contributed by atoms with E-state index in [4.69, 9.17) is 4.74 Å². The standard InChI is InChI=1S/C24H23F2N3O4/c25-16-6-5-15-19(14-3-4-14)29-13-27(23(32)20-21(31)17(30)7-11-28(20)29)24(8-1-9-24)10-2-12-33-22(15)18(16)26/h2,5-7,10-11,14,19,31H,1,3-4,8-9,12-13H2/b10-2+. The monoisotopic (exact) mass is 455 g/mol. The van der Waals surface area contributed by atoms with Crippen molar-refractivity contribution in [2.24, 2.45) is 5.92 Å². The minimum absolute atomic E-state index is 0.0323. The van der Waals surface area contributed by atoms with Gasteiger partial charge in [-0.15, -0.1) is 0 Å². The number of aromatic hydroxyl groups is 1. The van der Waals surface area contributed by atoms with E-state index < -0.39 is 40.3 Å². The zero-order valence-corrected chi connectivity index (χ0v) is 17.8. The topological polar surface area (TPSA) is 75.0 Å². The maximum Gasteiger partial charge on any atom is 0.278 e. The number of hydrogen-bond acceptors (Lipinski definition) is 5. The largest absolute Gasteiger partial charge is 0.502 e. The molecule has 172 valence electrons. The first-order chi connectivity index (χ1) is 15.9. The van der Waals surface area contributed by atoms with Crippen molar-refractivity contribution in [1.82, 2.24) is 9.58 Å². The fourth-order valence-corrected chi connectivity index (χ4v) is 5.36. The van der Waals surface area contributed by atoms with E-state index in [1.54, 1.807) is 11.0 Å². The Morgan fingerprint density at radius 2 is 1.91 bits per heavy atom. The lowest BCUT2D eigenvalue weighted by Gasteiger charge is -2.54. The Hall–Kier alpha value is -3.36. The first-order valence-electron chi connectivity index (χ1n) is 11.2. The highest BCUT2D eigenvalue weighted by atomic mass is 19.2. The first kappa shape index (κ1) is 20.3. The SMILES string of the molecule is O=C1c2c(O)c(=O)ccn2N2CN1C1(/C=C/COc3c(ccc(F)c3F)C2C2CC2)CCC1. The van der Waals surface area contributed by atoms with Gasteiger partial charge in [0.05, 0.1) is 11.6 Å². The van der Waals surface area contributed by atoms with Crippen LogP contribution in [-0.4, -0.2) is 39.4 Å². The molecule has 7 nitrogen and oxygen atoms in total. The summed E-state index contributed by atoms with van der Waals surface area (Å²) in [5.41, 5.74) is -0.855. The third-order valence-electron chi connectivity index (χ3n) is 7.36. The van der Waals surface area contributed by atoms with E-state index in [9.17, 15) is 23.5 Å². The molecule has 1 spiro atoms. The third-order valence-corrected chi connectivity index (χ3v) is 7.36. The highest BCUT2D eigenvalue weighted by molar-refractivity contribution is 5.97. The quantitative estimate of drug-likeness (QED) is 0.669. The molecule has 1 atom stereocenters. The molecule has 3 heterocycles. The highest BCUT2D eigenvalue weighted by Crippen LogP contribution is 2.50. The van der Waals surface area contributed by atoms with Gasteiger partial charge in [-0.1, -0.05) is 12.1 Å². The van der Waals surface area contributed by atoms with E-state index in [0.29, 0.717) is 5.56 Å². The Morgan fingerprint density at radius 3 is 2.61 bits per heavy atom. The summed E-state index contributed by atoms with van der Waals surface area (Å²) in [6, 6.07) is 3.38. The number of carbonyl (C=O) groups is 1. The molecule has 0 saturated heterocycles. The number of carbonyl (C=O) groups excluding carboxylic acids is 1. The van der Waals surface area contributed by atoms with Gasteiger partial charge in [0, 0.05) is 17.8 Å². The summed E-state index contributed by atoms with van der Waals surface area (Å²) >= 11 is 0. The van der Waals surface area contributed by atoms with Crippen molar-refractivity contribution in [3.8, 4) is 11.5 Å². The van der Waals surface area contributed by atoms with Crippen LogP contribution in [0.4, 0.5) is 8.78 Å². The second-order valence-electron chi connectivity index (χ2n) is 9.27. The van der Waals surface area contributed by atoms with E-state index in [1.807, 2.05) is 11.1 Å². The van der Waals surface area contributed by atoms with Crippen LogP contribution in [0.25, 0.3) is 0 Å². The summed E-state index contributed by atoms with van der Waals surface area (Å²) in [6.45, 7) is 0.211. The summed E-state index contributed by atoms with van der Waals surface area (Å²) in [6.07, 6.45) is 9.20. The molecule has 2 saturated carbocycles. The summed E-state index contributed by atoms with van der Waals surface area (Å²) in [4.78, 5) is 27.6. The van der Waals surface area contributed by atoms with Crippen LogP contribution in [0.3, 0.4) is 0 Å². The number of ether oxygens (including phenoxy) is 1. The van der Waals surface area contributed by atoms with Gasteiger partial charge in [-0.25, -0.2) is 4.39 Å². The molecule has 4 aliphatic rings. The van der Waals surface area contributed by atoms with Crippen LogP contribution in [0.5, 0.6) is 11.5 Å². The second-order valence-corrected chi connectivity index (χ2v) is 9.27. The Morgan fingerprint density at radius 1 is 1.12 bits per heavy atom. The van der Waals surface area contributed by atoms with E-state index in [1.165, 1.54) is 23.0 Å². The fraction of sp³-hybridized carbons (Fsp3) is 0.417. The van der Waals surface area contributed by atoms with Gasteiger partial charge in [0.2, 0.25) is 11.2 Å². The zero-order chi connectivity index (χ0) is 22.9. The predicted molar refractivity (Wildman–Crippen MR) is 115 cm³/mol. The van der Waals surface area contributed by atoms with Crippen molar-refractivity contribution in [3.05, 3.63) is 69.7 Å². The van der Waals surface area contributed by atoms with Crippen LogP contribution in [0, 0.1) is 17.6 Å². The van der Waals surface area contributed by atoms with Crippen LogP contribution in [0.1, 0.15) is 54.2 Å². The molecule has 2 aliphatic carbocycles. The number of rotatable bonds is 1. The summed E-state index contributed by atoms with van der Waals surface area (Å²) < 4.78 is 36.3. The average Bonchev–Trinajstić information content (AvgIpc) is 3.60. The van der Waals surface area contributed by atoms with Crippen molar-refractivity contribution < 1.29 is 23.4 Å². The van der Waals surface area contributed by atoms with Crippen molar-refractivity contribution in [2.45, 2.75) is 43.7 Å². The maximum absolute atomic E-state index is 14.9. The lowest BCUT2D eigenvalue weighted by atomic mass is 9.74. The number of amides is 1. The molecule has 1 unspecified atom stereocenters. The molecule has 9 heteroatoms. The molecular formula is C24H23F2N3O4. The predicted octanol–water partition coefficient (Wildman–Crippen LogP) is 3.21. The number of pyridine rings is 1. The molecule has 1 amide bonds. The molecule has 0 radical (unpaired) electrons. The van der Waals surface area contributed by atoms with Crippen LogP contribution in [0.2, 0.25) is 0 Å². The molecule has 6 rings (SSSR count). The fourth-order valence-electron chi connectivity index (χ4n) is 5.36. The Kier molecular flexibility index (Phi) is 4.34. The van der Waals surface area contributed by atoms with Gasteiger partial charge < -0.3 is 14.7 Å². The van der Waals surface area contributed by atoms with E-state index in [-0.39, 0.29) is 30.6 Å². The summed E-state index contributed by atoms with van der Waals surface area (Å²) in [5, 5.41) is 12.5. The Balaban J connectivity index is 1.62. The molecule has 1 aromatic heterocycles. The van der Waals surface area contributed by atoms with Crippen molar-refractivity contribution in [1.29, 1.82) is 0 Å². The average molecular weight is 455 g/mol. The van der Waals surface area contributed by atoms with Gasteiger partial charge in [0.15, 0.2) is 23.0 Å². The van der Waals surface area contributed by atoms with Crippen LogP contribution in [0.15, 0.2) is 41.3 Å². The number of fused-ring (bicyclic) bond motifs is 6. The zero-order valence-electron chi connectivity index (χ0n) is 17.8.